The minimum Gasteiger partial charge on any atom is -0.491 e. The Morgan fingerprint density at radius 2 is 1.75 bits per heavy atom. The molecule has 266 valence electrons. The number of rotatable bonds is 9. The number of benzene rings is 4. The third kappa shape index (κ3) is 10.2. The zero-order chi connectivity index (χ0) is 36.3. The van der Waals surface area contributed by atoms with Gasteiger partial charge in [0.2, 0.25) is 17.7 Å². The molecule has 4 aromatic rings. The van der Waals surface area contributed by atoms with Gasteiger partial charge in [0, 0.05) is 18.5 Å². The topological polar surface area (TPSA) is 135 Å². The van der Waals surface area contributed by atoms with E-state index in [1.165, 1.54) is 29.2 Å². The van der Waals surface area contributed by atoms with E-state index < -0.39 is 48.1 Å². The largest absolute Gasteiger partial charge is 0.491 e. The van der Waals surface area contributed by atoms with Gasteiger partial charge >= 0.3 is 0 Å². The summed E-state index contributed by atoms with van der Waals surface area (Å²) in [5.74, 6) is -2.47. The molecule has 0 saturated heterocycles. The molecule has 4 aromatic carbocycles. The molecule has 4 amide bonds. The standard InChI is InChI=1S/C38H38ClFN4O7/c1-24(23-50-35-29(40)15-9-17-33(35)51-27-13-8-12-26(39)21-27)41-37(47)30-22-34(45)42-31(20-25-10-4-3-5-11-25)38(48)44(2)18-19-49-32-16-7-6-14-28(32)36(46)43-30/h3-17,21,24,30-31H,18-20,22-23H2,1-2H3,(H,41,47)(H,42,45)(H,43,46)/t24-,30+,31-/m1/s1. The van der Waals surface area contributed by atoms with Crippen LogP contribution in [0.2, 0.25) is 5.02 Å². The van der Waals surface area contributed by atoms with E-state index in [0.717, 1.165) is 5.56 Å². The molecule has 0 radical (unpaired) electrons. The van der Waals surface area contributed by atoms with Crippen LogP contribution >= 0.6 is 11.6 Å². The molecule has 11 nitrogen and oxygen atoms in total. The van der Waals surface area contributed by atoms with E-state index in [0.29, 0.717) is 10.8 Å². The summed E-state index contributed by atoms with van der Waals surface area (Å²) in [4.78, 5) is 55.7. The lowest BCUT2D eigenvalue weighted by atomic mass is 10.0. The van der Waals surface area contributed by atoms with Crippen molar-refractivity contribution < 1.29 is 37.8 Å². The number of nitrogens with one attached hydrogen (secondary N) is 3. The molecule has 51 heavy (non-hydrogen) atoms. The van der Waals surface area contributed by atoms with Crippen molar-refractivity contribution in [3.05, 3.63) is 119 Å². The molecule has 0 aliphatic carbocycles. The van der Waals surface area contributed by atoms with Crippen LogP contribution in [0, 0.1) is 5.82 Å². The van der Waals surface area contributed by atoms with Crippen LogP contribution in [0.5, 0.6) is 23.0 Å². The Morgan fingerprint density at radius 1 is 1.00 bits per heavy atom. The van der Waals surface area contributed by atoms with Crippen molar-refractivity contribution in [2.24, 2.45) is 0 Å². The van der Waals surface area contributed by atoms with Crippen molar-refractivity contribution in [3.8, 4) is 23.0 Å². The van der Waals surface area contributed by atoms with E-state index in [1.807, 2.05) is 30.3 Å². The highest BCUT2D eigenvalue weighted by Gasteiger charge is 2.31. The fourth-order valence-electron chi connectivity index (χ4n) is 5.34. The Labute approximate surface area is 300 Å². The third-order valence-electron chi connectivity index (χ3n) is 7.94. The van der Waals surface area contributed by atoms with E-state index in [2.05, 4.69) is 16.0 Å². The molecular formula is C38H38ClFN4O7. The number of halogens is 2. The fourth-order valence-corrected chi connectivity index (χ4v) is 5.52. The van der Waals surface area contributed by atoms with Crippen LogP contribution in [0.15, 0.2) is 97.1 Å². The molecular weight excluding hydrogens is 679 g/mol. The fraction of sp³-hybridized carbons (Fsp3) is 0.263. The maximum absolute atomic E-state index is 14.9. The summed E-state index contributed by atoms with van der Waals surface area (Å²) >= 11 is 6.06. The Bertz CT molecular complexity index is 1860. The SMILES string of the molecule is C[C@H](COc1c(F)cccc1Oc1cccc(Cl)c1)NC(=O)[C@@H]1CC(=O)N[C@H](Cc2ccccc2)C(=O)N(C)CCOc2ccccc2C(=O)N1. The molecule has 0 fully saturated rings. The summed E-state index contributed by atoms with van der Waals surface area (Å²) in [6.07, 6.45) is -0.280. The van der Waals surface area contributed by atoms with Crippen molar-refractivity contribution in [3.63, 3.8) is 0 Å². The van der Waals surface area contributed by atoms with Crippen LogP contribution < -0.4 is 30.2 Å². The molecule has 1 heterocycles. The highest BCUT2D eigenvalue weighted by molar-refractivity contribution is 6.30. The Morgan fingerprint density at radius 3 is 2.53 bits per heavy atom. The minimum absolute atomic E-state index is 0.0772. The van der Waals surface area contributed by atoms with Crippen LogP contribution in [-0.4, -0.2) is 73.5 Å². The molecule has 0 unspecified atom stereocenters. The van der Waals surface area contributed by atoms with Crippen LogP contribution in [0.1, 0.15) is 29.3 Å². The number of nitrogens with zero attached hydrogens (tertiary/aromatic N) is 1. The maximum Gasteiger partial charge on any atom is 0.255 e. The van der Waals surface area contributed by atoms with E-state index >= 15 is 0 Å². The van der Waals surface area contributed by atoms with Crippen molar-refractivity contribution in [1.82, 2.24) is 20.9 Å². The number of carbonyl (C=O) groups excluding carboxylic acids is 4. The molecule has 3 atom stereocenters. The molecule has 1 aliphatic heterocycles. The van der Waals surface area contributed by atoms with Crippen LogP contribution in [-0.2, 0) is 20.8 Å². The smallest absolute Gasteiger partial charge is 0.255 e. The van der Waals surface area contributed by atoms with Gasteiger partial charge in [-0.1, -0.05) is 66.2 Å². The van der Waals surface area contributed by atoms with Gasteiger partial charge in [0.25, 0.3) is 5.91 Å². The Hall–Kier alpha value is -5.62. The van der Waals surface area contributed by atoms with E-state index in [4.69, 9.17) is 25.8 Å². The van der Waals surface area contributed by atoms with Gasteiger partial charge in [-0.2, -0.15) is 0 Å². The van der Waals surface area contributed by atoms with E-state index in [9.17, 15) is 23.6 Å². The number of hydrogen-bond acceptors (Lipinski definition) is 7. The summed E-state index contributed by atoms with van der Waals surface area (Å²) < 4.78 is 32.4. The second kappa shape index (κ2) is 17.3. The van der Waals surface area contributed by atoms with Gasteiger partial charge in [0.15, 0.2) is 17.3 Å². The van der Waals surface area contributed by atoms with Crippen molar-refractivity contribution >= 4 is 35.2 Å². The average molecular weight is 717 g/mol. The van der Waals surface area contributed by atoms with Gasteiger partial charge in [-0.3, -0.25) is 19.2 Å². The monoisotopic (exact) mass is 716 g/mol. The number of para-hydroxylation sites is 2. The van der Waals surface area contributed by atoms with Gasteiger partial charge in [-0.25, -0.2) is 4.39 Å². The van der Waals surface area contributed by atoms with Crippen LogP contribution in [0.25, 0.3) is 0 Å². The normalized spacial score (nSPS) is 17.5. The van der Waals surface area contributed by atoms with Crippen molar-refractivity contribution in [2.45, 2.75) is 37.9 Å². The maximum atomic E-state index is 14.9. The highest BCUT2D eigenvalue weighted by Crippen LogP contribution is 2.34. The molecule has 0 aromatic heterocycles. The zero-order valence-electron chi connectivity index (χ0n) is 28.1. The van der Waals surface area contributed by atoms with E-state index in [-0.39, 0.29) is 54.9 Å². The first-order valence-corrected chi connectivity index (χ1v) is 16.7. The average Bonchev–Trinajstić information content (AvgIpc) is 3.10. The van der Waals surface area contributed by atoms with Crippen molar-refractivity contribution in [1.29, 1.82) is 0 Å². The second-order valence-electron chi connectivity index (χ2n) is 12.0. The number of ether oxygens (including phenoxy) is 3. The predicted octanol–water partition coefficient (Wildman–Crippen LogP) is 4.92. The first-order valence-electron chi connectivity index (χ1n) is 16.3. The third-order valence-corrected chi connectivity index (χ3v) is 8.18. The van der Waals surface area contributed by atoms with Crippen LogP contribution in [0.3, 0.4) is 0 Å². The molecule has 1 aliphatic rings. The molecule has 5 rings (SSSR count). The number of likely N-dealkylation sites (N-methyl/N-ethyl adjacent to an activating group) is 1. The van der Waals surface area contributed by atoms with Crippen LogP contribution in [0.4, 0.5) is 4.39 Å². The second-order valence-corrected chi connectivity index (χ2v) is 12.4. The molecule has 0 bridgehead atoms. The quantitative estimate of drug-likeness (QED) is 0.224. The molecule has 13 heteroatoms. The van der Waals surface area contributed by atoms with Gasteiger partial charge in [0.05, 0.1) is 24.6 Å². The number of fused-ring (bicyclic) bond motifs is 1. The van der Waals surface area contributed by atoms with Gasteiger partial charge < -0.3 is 35.1 Å². The van der Waals surface area contributed by atoms with Gasteiger partial charge in [0.1, 0.15) is 36.8 Å². The Kier molecular flexibility index (Phi) is 12.5. The summed E-state index contributed by atoms with van der Waals surface area (Å²) in [5.41, 5.74) is 0.968. The molecule has 0 spiro atoms. The minimum atomic E-state index is -1.36. The number of carbonyl (C=O) groups is 4. The lowest BCUT2D eigenvalue weighted by Gasteiger charge is -2.27. The van der Waals surface area contributed by atoms with E-state index in [1.54, 1.807) is 56.4 Å². The lowest BCUT2D eigenvalue weighted by Crippen LogP contribution is -2.54. The van der Waals surface area contributed by atoms with Gasteiger partial charge in [-0.05, 0) is 55.0 Å². The number of amides is 4. The number of hydrogen-bond donors (Lipinski definition) is 3. The summed E-state index contributed by atoms with van der Waals surface area (Å²) in [7, 11) is 1.60. The van der Waals surface area contributed by atoms with Crippen molar-refractivity contribution in [2.75, 3.05) is 26.8 Å². The summed E-state index contributed by atoms with van der Waals surface area (Å²) in [6.45, 7) is 1.70. The first-order chi connectivity index (χ1) is 24.6. The summed E-state index contributed by atoms with van der Waals surface area (Å²) in [5, 5.41) is 8.59. The first kappa shape index (κ1) is 36.7. The van der Waals surface area contributed by atoms with Gasteiger partial charge in [-0.15, -0.1) is 0 Å². The lowest BCUT2D eigenvalue weighted by molar-refractivity contribution is -0.136. The summed E-state index contributed by atoms with van der Waals surface area (Å²) in [6, 6.07) is 23.4. The zero-order valence-corrected chi connectivity index (χ0v) is 28.8. The highest BCUT2D eigenvalue weighted by atomic mass is 35.5. The molecule has 3 N–H and O–H groups in total. The Balaban J connectivity index is 1.33. The predicted molar refractivity (Wildman–Crippen MR) is 189 cm³/mol. The molecule has 0 saturated carbocycles.